The Labute approximate surface area is 97.8 Å². The lowest BCUT2D eigenvalue weighted by molar-refractivity contribution is 0.401. The van der Waals surface area contributed by atoms with E-state index in [0.717, 1.165) is 12.2 Å². The van der Waals surface area contributed by atoms with Crippen molar-refractivity contribution in [3.63, 3.8) is 0 Å². The number of nitrogens with two attached hydrogens (primary N) is 1. The Balaban J connectivity index is 2.28. The molecule has 0 aromatic heterocycles. The van der Waals surface area contributed by atoms with Crippen molar-refractivity contribution in [2.24, 2.45) is 11.7 Å². The van der Waals surface area contributed by atoms with Gasteiger partial charge in [0, 0.05) is 11.1 Å². The predicted octanol–water partition coefficient (Wildman–Crippen LogP) is 2.98. The molecule has 2 N–H and O–H groups in total. The van der Waals surface area contributed by atoms with Crippen LogP contribution >= 0.6 is 0 Å². The molecule has 1 saturated carbocycles. The van der Waals surface area contributed by atoms with Gasteiger partial charge in [-0.2, -0.15) is 0 Å². The maximum absolute atomic E-state index is 6.44. The van der Waals surface area contributed by atoms with Crippen LogP contribution < -0.4 is 10.5 Å². The summed E-state index contributed by atoms with van der Waals surface area (Å²) in [7, 11) is 1.72. The number of rotatable bonds is 4. The summed E-state index contributed by atoms with van der Waals surface area (Å²) < 4.78 is 5.44. The minimum absolute atomic E-state index is 0.130. The van der Waals surface area contributed by atoms with Gasteiger partial charge in [0.25, 0.3) is 0 Å². The first-order valence-electron chi connectivity index (χ1n) is 6.05. The van der Waals surface area contributed by atoms with Crippen LogP contribution in [0.3, 0.4) is 0 Å². The Hall–Kier alpha value is -1.02. The second-order valence-corrected chi connectivity index (χ2v) is 4.93. The average molecular weight is 219 g/mol. The van der Waals surface area contributed by atoms with Crippen LogP contribution in [-0.2, 0) is 5.54 Å². The molecule has 2 rings (SSSR count). The van der Waals surface area contributed by atoms with E-state index in [0.29, 0.717) is 5.92 Å². The molecule has 0 amide bonds. The molecule has 0 bridgehead atoms. The zero-order valence-electron chi connectivity index (χ0n) is 10.4. The quantitative estimate of drug-likeness (QED) is 0.845. The molecule has 2 nitrogen and oxygen atoms in total. The van der Waals surface area contributed by atoms with Gasteiger partial charge in [-0.1, -0.05) is 25.5 Å². The molecule has 2 atom stereocenters. The maximum Gasteiger partial charge on any atom is 0.124 e. The van der Waals surface area contributed by atoms with E-state index in [4.69, 9.17) is 10.5 Å². The Bertz CT molecular complexity index is 388. The Morgan fingerprint density at radius 3 is 2.88 bits per heavy atom. The summed E-state index contributed by atoms with van der Waals surface area (Å²) in [6.07, 6.45) is 3.52. The van der Waals surface area contributed by atoms with Crippen LogP contribution in [0.15, 0.2) is 18.2 Å². The highest BCUT2D eigenvalue weighted by molar-refractivity contribution is 5.45. The van der Waals surface area contributed by atoms with Gasteiger partial charge in [-0.25, -0.2) is 0 Å². The van der Waals surface area contributed by atoms with Gasteiger partial charge >= 0.3 is 0 Å². The molecule has 2 heteroatoms. The molecule has 0 saturated heterocycles. The molecule has 88 valence electrons. The molecule has 0 spiro atoms. The Morgan fingerprint density at radius 2 is 2.25 bits per heavy atom. The zero-order valence-corrected chi connectivity index (χ0v) is 10.4. The van der Waals surface area contributed by atoms with Gasteiger partial charge in [0.05, 0.1) is 7.11 Å². The Kier molecular flexibility index (Phi) is 2.94. The predicted molar refractivity (Wildman–Crippen MR) is 66.6 cm³/mol. The maximum atomic E-state index is 6.44. The van der Waals surface area contributed by atoms with Crippen molar-refractivity contribution in [2.45, 2.75) is 38.6 Å². The van der Waals surface area contributed by atoms with Gasteiger partial charge in [0.2, 0.25) is 0 Å². The van der Waals surface area contributed by atoms with Crippen LogP contribution in [0.2, 0.25) is 0 Å². The van der Waals surface area contributed by atoms with Crippen molar-refractivity contribution in [1.82, 2.24) is 0 Å². The van der Waals surface area contributed by atoms with E-state index in [1.165, 1.54) is 24.0 Å². The minimum atomic E-state index is -0.130. The van der Waals surface area contributed by atoms with Crippen molar-refractivity contribution < 1.29 is 4.74 Å². The lowest BCUT2D eigenvalue weighted by Gasteiger charge is -2.16. The molecule has 0 aliphatic heterocycles. The third-order valence-electron chi connectivity index (χ3n) is 3.65. The summed E-state index contributed by atoms with van der Waals surface area (Å²) in [5.41, 5.74) is 8.71. The van der Waals surface area contributed by atoms with Crippen molar-refractivity contribution in [1.29, 1.82) is 0 Å². The smallest absolute Gasteiger partial charge is 0.124 e. The van der Waals surface area contributed by atoms with Crippen LogP contribution in [0.4, 0.5) is 0 Å². The van der Waals surface area contributed by atoms with Crippen LogP contribution in [0.5, 0.6) is 5.75 Å². The lowest BCUT2D eigenvalue weighted by Crippen LogP contribution is -2.23. The van der Waals surface area contributed by atoms with Crippen LogP contribution in [0.25, 0.3) is 0 Å². The van der Waals surface area contributed by atoms with E-state index in [9.17, 15) is 0 Å². The first-order chi connectivity index (χ1) is 7.61. The number of methoxy groups -OCH3 is 1. The SMILES string of the molecule is CCCC1CC1(N)c1ccc(C)cc1OC. The second-order valence-electron chi connectivity index (χ2n) is 4.93. The molecule has 1 fully saturated rings. The lowest BCUT2D eigenvalue weighted by atomic mass is 9.99. The van der Waals surface area contributed by atoms with E-state index >= 15 is 0 Å². The van der Waals surface area contributed by atoms with Crippen molar-refractivity contribution in [2.75, 3.05) is 7.11 Å². The molecule has 1 aromatic carbocycles. The molecular weight excluding hydrogens is 198 g/mol. The monoisotopic (exact) mass is 219 g/mol. The second kappa shape index (κ2) is 4.10. The summed E-state index contributed by atoms with van der Waals surface area (Å²) in [6, 6.07) is 6.32. The zero-order chi connectivity index (χ0) is 11.8. The summed E-state index contributed by atoms with van der Waals surface area (Å²) in [4.78, 5) is 0. The Morgan fingerprint density at radius 1 is 1.50 bits per heavy atom. The third-order valence-corrected chi connectivity index (χ3v) is 3.65. The van der Waals surface area contributed by atoms with Gasteiger partial charge < -0.3 is 10.5 Å². The fourth-order valence-electron chi connectivity index (χ4n) is 2.57. The van der Waals surface area contributed by atoms with Gasteiger partial charge in [0.1, 0.15) is 5.75 Å². The van der Waals surface area contributed by atoms with Crippen LogP contribution in [0, 0.1) is 12.8 Å². The van der Waals surface area contributed by atoms with Crippen LogP contribution in [-0.4, -0.2) is 7.11 Å². The van der Waals surface area contributed by atoms with Gasteiger partial charge in [-0.3, -0.25) is 0 Å². The summed E-state index contributed by atoms with van der Waals surface area (Å²) >= 11 is 0. The van der Waals surface area contributed by atoms with Gasteiger partial charge in [0.15, 0.2) is 0 Å². The molecule has 0 radical (unpaired) electrons. The number of hydrogen-bond acceptors (Lipinski definition) is 2. The highest BCUT2D eigenvalue weighted by Crippen LogP contribution is 2.54. The fourth-order valence-corrected chi connectivity index (χ4v) is 2.57. The number of aryl methyl sites for hydroxylation is 1. The van der Waals surface area contributed by atoms with E-state index in [1.807, 2.05) is 0 Å². The highest BCUT2D eigenvalue weighted by Gasteiger charge is 2.52. The minimum Gasteiger partial charge on any atom is -0.496 e. The first-order valence-corrected chi connectivity index (χ1v) is 6.05. The van der Waals surface area contributed by atoms with E-state index < -0.39 is 0 Å². The molecule has 1 aromatic rings. The molecule has 1 aliphatic carbocycles. The summed E-state index contributed by atoms with van der Waals surface area (Å²) in [6.45, 7) is 4.29. The van der Waals surface area contributed by atoms with E-state index in [1.54, 1.807) is 7.11 Å². The number of hydrogen-bond donors (Lipinski definition) is 1. The average Bonchev–Trinajstić information content (AvgIpc) is 2.91. The van der Waals surface area contributed by atoms with Gasteiger partial charge in [-0.15, -0.1) is 0 Å². The fraction of sp³-hybridized carbons (Fsp3) is 0.571. The highest BCUT2D eigenvalue weighted by atomic mass is 16.5. The third kappa shape index (κ3) is 1.82. The van der Waals surface area contributed by atoms with E-state index in [-0.39, 0.29) is 5.54 Å². The summed E-state index contributed by atoms with van der Waals surface area (Å²) in [5.74, 6) is 1.58. The number of benzene rings is 1. The van der Waals surface area contributed by atoms with E-state index in [2.05, 4.69) is 32.0 Å². The molecule has 16 heavy (non-hydrogen) atoms. The van der Waals surface area contributed by atoms with Crippen molar-refractivity contribution in [3.8, 4) is 5.75 Å². The molecular formula is C14H21NO. The summed E-state index contributed by atoms with van der Waals surface area (Å²) in [5, 5.41) is 0. The van der Waals surface area contributed by atoms with Gasteiger partial charge in [-0.05, 0) is 37.3 Å². The number of ether oxygens (including phenoxy) is 1. The molecule has 0 heterocycles. The largest absolute Gasteiger partial charge is 0.496 e. The molecule has 1 aliphatic rings. The topological polar surface area (TPSA) is 35.2 Å². The normalized spacial score (nSPS) is 27.9. The van der Waals surface area contributed by atoms with Crippen molar-refractivity contribution >= 4 is 0 Å². The standard InChI is InChI=1S/C14H21NO/c1-4-5-11-9-14(11,15)12-7-6-10(2)8-13(12)16-3/h6-8,11H,4-5,9,15H2,1-3H3. The van der Waals surface area contributed by atoms with Crippen molar-refractivity contribution in [3.05, 3.63) is 29.3 Å². The van der Waals surface area contributed by atoms with Crippen LogP contribution in [0.1, 0.15) is 37.3 Å². The molecule has 2 unspecified atom stereocenters. The first kappa shape index (κ1) is 11.5.